The number of piperidine rings is 1. The molecule has 7 nitrogen and oxygen atoms in total. The highest BCUT2D eigenvalue weighted by Gasteiger charge is 2.25. The fourth-order valence-corrected chi connectivity index (χ4v) is 5.09. The quantitative estimate of drug-likeness (QED) is 0.502. The third-order valence-corrected chi connectivity index (χ3v) is 7.04. The van der Waals surface area contributed by atoms with E-state index < -0.39 is 5.97 Å². The molecule has 4 rings (SSSR count). The number of hydrogen-bond donors (Lipinski definition) is 1. The Morgan fingerprint density at radius 2 is 1.85 bits per heavy atom. The van der Waals surface area contributed by atoms with Crippen LogP contribution in [0.3, 0.4) is 0 Å². The van der Waals surface area contributed by atoms with Crippen molar-refractivity contribution in [2.24, 2.45) is 0 Å². The molecule has 1 aliphatic rings. The molecule has 0 aliphatic carbocycles. The number of aliphatic carboxylic acids is 1. The van der Waals surface area contributed by atoms with Crippen LogP contribution < -0.4 is 4.74 Å². The molecule has 0 unspecified atom stereocenters. The van der Waals surface area contributed by atoms with Crippen LogP contribution in [0.15, 0.2) is 48.5 Å². The number of carbonyl (C=O) groups is 2. The summed E-state index contributed by atoms with van der Waals surface area (Å²) in [5.41, 5.74) is 2.11. The van der Waals surface area contributed by atoms with Crippen molar-refractivity contribution in [3.05, 3.63) is 54.1 Å². The lowest BCUT2D eigenvalue weighted by Crippen LogP contribution is -2.47. The van der Waals surface area contributed by atoms with Crippen molar-refractivity contribution in [1.82, 2.24) is 14.8 Å². The summed E-state index contributed by atoms with van der Waals surface area (Å²) in [7, 11) is 0. The predicted molar refractivity (Wildman–Crippen MR) is 129 cm³/mol. The Kier molecular flexibility index (Phi) is 7.57. The smallest absolute Gasteiger partial charge is 0.304 e. The predicted octanol–water partition coefficient (Wildman–Crippen LogP) is 4.42. The van der Waals surface area contributed by atoms with Crippen LogP contribution in [0.25, 0.3) is 10.2 Å². The molecular formula is C25H29N3O4S. The van der Waals surface area contributed by atoms with Crippen molar-refractivity contribution in [1.29, 1.82) is 0 Å². The number of nitrogens with zero attached hydrogens (tertiary/aromatic N) is 3. The van der Waals surface area contributed by atoms with Crippen molar-refractivity contribution < 1.29 is 19.4 Å². The first-order chi connectivity index (χ1) is 16.0. The maximum Gasteiger partial charge on any atom is 0.304 e. The van der Waals surface area contributed by atoms with Crippen molar-refractivity contribution in [2.45, 2.75) is 38.6 Å². The first-order valence-electron chi connectivity index (χ1n) is 11.3. The molecule has 2 aromatic carbocycles. The summed E-state index contributed by atoms with van der Waals surface area (Å²) in [4.78, 5) is 31.4. The van der Waals surface area contributed by atoms with E-state index in [1.807, 2.05) is 41.3 Å². The van der Waals surface area contributed by atoms with E-state index in [0.29, 0.717) is 17.8 Å². The van der Waals surface area contributed by atoms with E-state index in [4.69, 9.17) is 9.84 Å². The lowest BCUT2D eigenvalue weighted by Gasteiger charge is -2.38. The SMILES string of the molecule is CC(=O)N1CCC(N(CCC(=O)O)CCc2ccc(Oc3nc4ccccc4s3)cc2)CC1. The van der Waals surface area contributed by atoms with E-state index >= 15 is 0 Å². The number of likely N-dealkylation sites (tertiary alicyclic amines) is 1. The third-order valence-electron chi connectivity index (χ3n) is 6.13. The largest absolute Gasteiger partial charge is 0.481 e. The van der Waals surface area contributed by atoms with Crippen molar-refractivity contribution in [3.8, 4) is 10.9 Å². The van der Waals surface area contributed by atoms with Gasteiger partial charge in [0.05, 0.1) is 16.6 Å². The average molecular weight is 468 g/mol. The van der Waals surface area contributed by atoms with Gasteiger partial charge in [-0.15, -0.1) is 0 Å². The van der Waals surface area contributed by atoms with Gasteiger partial charge >= 0.3 is 5.97 Å². The number of rotatable bonds is 9. The second-order valence-corrected chi connectivity index (χ2v) is 9.35. The van der Waals surface area contributed by atoms with Gasteiger partial charge in [-0.2, -0.15) is 0 Å². The van der Waals surface area contributed by atoms with E-state index in [1.165, 1.54) is 16.9 Å². The number of carboxylic acid groups (broad SMARTS) is 1. The van der Waals surface area contributed by atoms with Gasteiger partial charge in [0.1, 0.15) is 5.75 Å². The average Bonchev–Trinajstić information content (AvgIpc) is 3.22. The molecule has 2 heterocycles. The van der Waals surface area contributed by atoms with Crippen molar-refractivity contribution >= 4 is 33.4 Å². The van der Waals surface area contributed by atoms with Gasteiger partial charge in [-0.3, -0.25) is 14.5 Å². The summed E-state index contributed by atoms with van der Waals surface area (Å²) in [6.45, 7) is 4.39. The van der Waals surface area contributed by atoms with E-state index in [-0.39, 0.29) is 12.3 Å². The number of para-hydroxylation sites is 1. The van der Waals surface area contributed by atoms with E-state index in [2.05, 4.69) is 22.0 Å². The fraction of sp³-hybridized carbons (Fsp3) is 0.400. The third kappa shape index (κ3) is 6.30. The molecule has 0 spiro atoms. The van der Waals surface area contributed by atoms with Crippen LogP contribution >= 0.6 is 11.3 Å². The van der Waals surface area contributed by atoms with Crippen LogP contribution in [0.1, 0.15) is 31.7 Å². The van der Waals surface area contributed by atoms with Crippen LogP contribution in [0.2, 0.25) is 0 Å². The molecule has 1 aliphatic heterocycles. The number of fused-ring (bicyclic) bond motifs is 1. The Bertz CT molecular complexity index is 1060. The van der Waals surface area contributed by atoms with Gasteiger partial charge in [0, 0.05) is 39.1 Å². The standard InChI is InChI=1S/C25H29N3O4S/c1-18(29)27-15-11-20(12-16-27)28(17-13-24(30)31)14-10-19-6-8-21(9-7-19)32-25-26-22-4-2-3-5-23(22)33-25/h2-9,20H,10-17H2,1H3,(H,30,31). The van der Waals surface area contributed by atoms with Crippen molar-refractivity contribution in [2.75, 3.05) is 26.2 Å². The second kappa shape index (κ2) is 10.8. The van der Waals surface area contributed by atoms with Crippen LogP contribution in [-0.4, -0.2) is 64.0 Å². The Morgan fingerprint density at radius 3 is 2.52 bits per heavy atom. The molecule has 8 heteroatoms. The molecular weight excluding hydrogens is 438 g/mol. The number of aromatic nitrogens is 1. The van der Waals surface area contributed by atoms with Crippen LogP contribution in [-0.2, 0) is 16.0 Å². The highest BCUT2D eigenvalue weighted by Crippen LogP contribution is 2.31. The highest BCUT2D eigenvalue weighted by molar-refractivity contribution is 7.20. The van der Waals surface area contributed by atoms with Crippen LogP contribution in [0.5, 0.6) is 10.9 Å². The zero-order valence-electron chi connectivity index (χ0n) is 18.8. The molecule has 1 aromatic heterocycles. The normalized spacial score (nSPS) is 14.7. The monoisotopic (exact) mass is 467 g/mol. The fourth-order valence-electron chi connectivity index (χ4n) is 4.25. The summed E-state index contributed by atoms with van der Waals surface area (Å²) in [6, 6.07) is 16.3. The number of hydrogen-bond acceptors (Lipinski definition) is 6. The van der Waals surface area contributed by atoms with Gasteiger partial charge in [-0.05, 0) is 49.1 Å². The van der Waals surface area contributed by atoms with Crippen LogP contribution in [0.4, 0.5) is 0 Å². The molecule has 1 N–H and O–H groups in total. The van der Waals surface area contributed by atoms with Gasteiger partial charge in [0.2, 0.25) is 5.91 Å². The molecule has 1 saturated heterocycles. The summed E-state index contributed by atoms with van der Waals surface area (Å²) < 4.78 is 7.03. The first-order valence-corrected chi connectivity index (χ1v) is 12.1. The van der Waals surface area contributed by atoms with E-state index in [0.717, 1.165) is 54.9 Å². The number of carboxylic acids is 1. The van der Waals surface area contributed by atoms with Crippen LogP contribution in [0, 0.1) is 0 Å². The lowest BCUT2D eigenvalue weighted by molar-refractivity contribution is -0.137. The minimum Gasteiger partial charge on any atom is -0.481 e. The summed E-state index contributed by atoms with van der Waals surface area (Å²) in [5, 5.41) is 9.79. The Labute approximate surface area is 197 Å². The maximum atomic E-state index is 11.6. The molecule has 0 saturated carbocycles. The van der Waals surface area contributed by atoms with E-state index in [1.54, 1.807) is 6.92 Å². The van der Waals surface area contributed by atoms with Gasteiger partial charge in [0.25, 0.3) is 5.19 Å². The summed E-state index contributed by atoms with van der Waals surface area (Å²) in [6.07, 6.45) is 2.72. The number of thiazole rings is 1. The number of amides is 1. The molecule has 3 aromatic rings. The number of ether oxygens (including phenoxy) is 1. The molecule has 0 bridgehead atoms. The summed E-state index contributed by atoms with van der Waals surface area (Å²) >= 11 is 1.52. The maximum absolute atomic E-state index is 11.6. The molecule has 0 radical (unpaired) electrons. The van der Waals surface area contributed by atoms with E-state index in [9.17, 15) is 9.59 Å². The summed E-state index contributed by atoms with van der Waals surface area (Å²) in [5.74, 6) is 0.0772. The molecule has 33 heavy (non-hydrogen) atoms. The minimum absolute atomic E-state index is 0.110. The molecule has 1 amide bonds. The molecule has 0 atom stereocenters. The zero-order chi connectivity index (χ0) is 23.2. The lowest BCUT2D eigenvalue weighted by atomic mass is 10.0. The highest BCUT2D eigenvalue weighted by atomic mass is 32.1. The van der Waals surface area contributed by atoms with Crippen molar-refractivity contribution in [3.63, 3.8) is 0 Å². The molecule has 1 fully saturated rings. The molecule has 174 valence electrons. The van der Waals surface area contributed by atoms with Gasteiger partial charge in [0.15, 0.2) is 0 Å². The van der Waals surface area contributed by atoms with Gasteiger partial charge in [-0.25, -0.2) is 4.98 Å². The minimum atomic E-state index is -0.780. The first kappa shape index (κ1) is 23.2. The number of benzene rings is 2. The van der Waals surface area contributed by atoms with Gasteiger partial charge in [-0.1, -0.05) is 35.6 Å². The topological polar surface area (TPSA) is 83.0 Å². The second-order valence-electron chi connectivity index (χ2n) is 8.36. The Morgan fingerprint density at radius 1 is 1.12 bits per heavy atom. The zero-order valence-corrected chi connectivity index (χ0v) is 19.6. The Balaban J connectivity index is 1.34. The number of carbonyl (C=O) groups excluding carboxylic acids is 1. The Hall–Kier alpha value is -2.97. The van der Waals surface area contributed by atoms with Gasteiger partial charge < -0.3 is 14.7 Å².